The van der Waals surface area contributed by atoms with Gasteiger partial charge in [-0.15, -0.1) is 11.8 Å². The van der Waals surface area contributed by atoms with Crippen molar-refractivity contribution < 1.29 is 9.18 Å². The molecule has 1 amide bonds. The fourth-order valence-electron chi connectivity index (χ4n) is 2.42. The normalized spacial score (nSPS) is 18.8. The number of carbonyl (C=O) groups excluding carboxylic acids is 1. The Bertz CT molecular complexity index is 501. The second-order valence-electron chi connectivity index (χ2n) is 5.20. The van der Waals surface area contributed by atoms with Gasteiger partial charge in [-0.05, 0) is 37.6 Å². The van der Waals surface area contributed by atoms with Crippen molar-refractivity contribution in [2.24, 2.45) is 0 Å². The third-order valence-corrected chi connectivity index (χ3v) is 5.14. The van der Waals surface area contributed by atoms with E-state index in [-0.39, 0.29) is 11.7 Å². The monoisotopic (exact) mass is 374 g/mol. The number of nitrogens with zero attached hydrogens (tertiary/aromatic N) is 1. The predicted molar refractivity (Wildman–Crippen MR) is 88.9 cm³/mol. The van der Waals surface area contributed by atoms with Crippen LogP contribution in [0.2, 0.25) is 0 Å². The van der Waals surface area contributed by atoms with Gasteiger partial charge < -0.3 is 10.2 Å². The molecular formula is C15H20BrFN2OS. The average Bonchev–Trinajstić information content (AvgIpc) is 2.49. The van der Waals surface area contributed by atoms with Crippen LogP contribution in [0.25, 0.3) is 0 Å². The Morgan fingerprint density at radius 2 is 2.38 bits per heavy atom. The van der Waals surface area contributed by atoms with Gasteiger partial charge in [-0.1, -0.05) is 22.0 Å². The van der Waals surface area contributed by atoms with E-state index in [1.54, 1.807) is 6.07 Å². The van der Waals surface area contributed by atoms with Gasteiger partial charge in [0, 0.05) is 29.4 Å². The second-order valence-corrected chi connectivity index (χ2v) is 7.10. The number of likely N-dealkylation sites (tertiary alicyclic amines) is 1. The highest BCUT2D eigenvalue weighted by molar-refractivity contribution is 9.10. The van der Waals surface area contributed by atoms with Gasteiger partial charge in [0.1, 0.15) is 5.82 Å². The fraction of sp³-hybridized carbons (Fsp3) is 0.533. The summed E-state index contributed by atoms with van der Waals surface area (Å²) < 4.78 is 14.4. The van der Waals surface area contributed by atoms with E-state index in [1.165, 1.54) is 17.8 Å². The Morgan fingerprint density at radius 3 is 3.10 bits per heavy atom. The van der Waals surface area contributed by atoms with Crippen LogP contribution < -0.4 is 5.32 Å². The van der Waals surface area contributed by atoms with E-state index in [9.17, 15) is 9.18 Å². The summed E-state index contributed by atoms with van der Waals surface area (Å²) in [6.45, 7) is 1.62. The summed E-state index contributed by atoms with van der Waals surface area (Å²) in [7, 11) is 1.93. The molecule has 3 nitrogen and oxygen atoms in total. The fourth-order valence-corrected chi connectivity index (χ4v) is 3.66. The van der Waals surface area contributed by atoms with Crippen LogP contribution in [-0.2, 0) is 10.5 Å². The van der Waals surface area contributed by atoms with Gasteiger partial charge in [0.05, 0.1) is 5.75 Å². The topological polar surface area (TPSA) is 32.3 Å². The summed E-state index contributed by atoms with van der Waals surface area (Å²) in [6, 6.07) is 5.44. The van der Waals surface area contributed by atoms with E-state index in [0.717, 1.165) is 30.4 Å². The standard InChI is InChI=1S/C15H20BrFN2OS/c1-18-13-3-2-6-19(8-13)15(20)10-21-9-11-4-5-12(16)7-14(11)17/h4-5,7,13,18H,2-3,6,8-10H2,1H3. The number of hydrogen-bond acceptors (Lipinski definition) is 3. The molecule has 1 heterocycles. The molecule has 1 unspecified atom stereocenters. The molecule has 116 valence electrons. The summed E-state index contributed by atoms with van der Waals surface area (Å²) in [5.74, 6) is 0.857. The minimum Gasteiger partial charge on any atom is -0.340 e. The van der Waals surface area contributed by atoms with Crippen molar-refractivity contribution in [2.75, 3.05) is 25.9 Å². The highest BCUT2D eigenvalue weighted by Crippen LogP contribution is 2.20. The van der Waals surface area contributed by atoms with E-state index in [0.29, 0.717) is 23.1 Å². The van der Waals surface area contributed by atoms with E-state index in [1.807, 2.05) is 18.0 Å². The lowest BCUT2D eigenvalue weighted by atomic mass is 10.1. The highest BCUT2D eigenvalue weighted by Gasteiger charge is 2.22. The minimum absolute atomic E-state index is 0.150. The number of piperidine rings is 1. The van der Waals surface area contributed by atoms with Crippen LogP contribution >= 0.6 is 27.7 Å². The number of nitrogens with one attached hydrogen (secondary N) is 1. The highest BCUT2D eigenvalue weighted by atomic mass is 79.9. The molecule has 0 aliphatic carbocycles. The lowest BCUT2D eigenvalue weighted by molar-refractivity contribution is -0.129. The summed E-state index contributed by atoms with van der Waals surface area (Å²) >= 11 is 4.71. The SMILES string of the molecule is CNC1CCCN(C(=O)CSCc2ccc(Br)cc2F)C1. The van der Waals surface area contributed by atoms with Crippen LogP contribution in [0.5, 0.6) is 0 Å². The first-order valence-corrected chi connectivity index (χ1v) is 9.01. The Balaban J connectivity index is 1.78. The number of halogens is 2. The van der Waals surface area contributed by atoms with E-state index < -0.39 is 0 Å². The number of rotatable bonds is 5. The molecule has 1 aromatic rings. The third kappa shape index (κ3) is 4.97. The molecule has 2 rings (SSSR count). The molecule has 0 bridgehead atoms. The van der Waals surface area contributed by atoms with Gasteiger partial charge in [-0.3, -0.25) is 4.79 Å². The van der Waals surface area contributed by atoms with Gasteiger partial charge >= 0.3 is 0 Å². The Labute approximate surface area is 137 Å². The molecule has 1 aromatic carbocycles. The minimum atomic E-state index is -0.224. The Morgan fingerprint density at radius 1 is 1.57 bits per heavy atom. The van der Waals surface area contributed by atoms with Crippen LogP contribution in [0.4, 0.5) is 4.39 Å². The first kappa shape index (κ1) is 16.8. The molecule has 0 aromatic heterocycles. The molecule has 1 N–H and O–H groups in total. The van der Waals surface area contributed by atoms with Crippen LogP contribution in [-0.4, -0.2) is 42.7 Å². The number of thioether (sulfide) groups is 1. The molecule has 0 radical (unpaired) electrons. The van der Waals surface area contributed by atoms with Gasteiger partial charge in [0.2, 0.25) is 5.91 Å². The van der Waals surface area contributed by atoms with Crippen molar-refractivity contribution in [1.82, 2.24) is 10.2 Å². The first-order chi connectivity index (χ1) is 10.1. The zero-order valence-electron chi connectivity index (χ0n) is 12.1. The third-order valence-electron chi connectivity index (χ3n) is 3.68. The van der Waals surface area contributed by atoms with Crippen molar-refractivity contribution >= 4 is 33.6 Å². The van der Waals surface area contributed by atoms with E-state index in [4.69, 9.17) is 0 Å². The maximum absolute atomic E-state index is 13.7. The van der Waals surface area contributed by atoms with E-state index in [2.05, 4.69) is 21.2 Å². The largest absolute Gasteiger partial charge is 0.340 e. The molecule has 1 aliphatic rings. The van der Waals surface area contributed by atoms with Gasteiger partial charge in [0.25, 0.3) is 0 Å². The number of carbonyl (C=O) groups is 1. The number of likely N-dealkylation sites (N-methyl/N-ethyl adjacent to an activating group) is 1. The quantitative estimate of drug-likeness (QED) is 0.859. The molecule has 0 saturated carbocycles. The Kier molecular flexibility index (Phi) is 6.51. The summed E-state index contributed by atoms with van der Waals surface area (Å²) in [4.78, 5) is 14.1. The van der Waals surface area contributed by atoms with Crippen LogP contribution in [0.3, 0.4) is 0 Å². The molecule has 1 fully saturated rings. The molecular weight excluding hydrogens is 355 g/mol. The average molecular weight is 375 g/mol. The molecule has 1 saturated heterocycles. The van der Waals surface area contributed by atoms with Crippen molar-refractivity contribution in [3.05, 3.63) is 34.1 Å². The van der Waals surface area contributed by atoms with Crippen molar-refractivity contribution in [3.63, 3.8) is 0 Å². The van der Waals surface area contributed by atoms with E-state index >= 15 is 0 Å². The smallest absolute Gasteiger partial charge is 0.232 e. The van der Waals surface area contributed by atoms with Gasteiger partial charge in [0.15, 0.2) is 0 Å². The first-order valence-electron chi connectivity index (χ1n) is 7.07. The molecule has 6 heteroatoms. The summed E-state index contributed by atoms with van der Waals surface area (Å²) in [5.41, 5.74) is 0.641. The lowest BCUT2D eigenvalue weighted by Crippen LogP contribution is -2.47. The van der Waals surface area contributed by atoms with Crippen LogP contribution in [0, 0.1) is 5.82 Å². The molecule has 0 spiro atoms. The predicted octanol–water partition coefficient (Wildman–Crippen LogP) is 3.03. The maximum Gasteiger partial charge on any atom is 0.232 e. The van der Waals surface area contributed by atoms with Crippen molar-refractivity contribution in [3.8, 4) is 0 Å². The van der Waals surface area contributed by atoms with Gasteiger partial charge in [-0.25, -0.2) is 4.39 Å². The van der Waals surface area contributed by atoms with Crippen molar-refractivity contribution in [1.29, 1.82) is 0 Å². The maximum atomic E-state index is 13.7. The molecule has 21 heavy (non-hydrogen) atoms. The second kappa shape index (κ2) is 8.15. The molecule has 1 aliphatic heterocycles. The zero-order valence-corrected chi connectivity index (χ0v) is 14.5. The number of amides is 1. The molecule has 1 atom stereocenters. The van der Waals surface area contributed by atoms with Crippen LogP contribution in [0.15, 0.2) is 22.7 Å². The summed E-state index contributed by atoms with van der Waals surface area (Å²) in [5, 5.41) is 3.23. The lowest BCUT2D eigenvalue weighted by Gasteiger charge is -2.32. The summed E-state index contributed by atoms with van der Waals surface area (Å²) in [6.07, 6.45) is 2.17. The number of benzene rings is 1. The van der Waals surface area contributed by atoms with Crippen LogP contribution in [0.1, 0.15) is 18.4 Å². The van der Waals surface area contributed by atoms with Crippen molar-refractivity contribution in [2.45, 2.75) is 24.6 Å². The zero-order chi connectivity index (χ0) is 15.2. The van der Waals surface area contributed by atoms with Gasteiger partial charge in [-0.2, -0.15) is 0 Å². The Hall–Kier alpha value is -0.590. The number of hydrogen-bond donors (Lipinski definition) is 1.